The zero-order valence-electron chi connectivity index (χ0n) is 9.70. The Kier molecular flexibility index (Phi) is 1.31. The van der Waals surface area contributed by atoms with Gasteiger partial charge in [-0.3, -0.25) is 0 Å². The van der Waals surface area contributed by atoms with Crippen molar-refractivity contribution < 1.29 is 5.11 Å². The molecule has 18 heavy (non-hydrogen) atoms. The molecule has 0 atom stereocenters. The average molecular weight is 230 g/mol. The molecule has 0 radical (unpaired) electrons. The molecule has 0 aliphatic rings. The van der Waals surface area contributed by atoms with Crippen LogP contribution in [0.5, 0.6) is 0 Å². The molecule has 0 heterocycles. The van der Waals surface area contributed by atoms with E-state index in [0.717, 1.165) is 5.56 Å². The van der Waals surface area contributed by atoms with Crippen LogP contribution in [0.25, 0.3) is 43.1 Å². The van der Waals surface area contributed by atoms with Crippen molar-refractivity contribution in [1.29, 1.82) is 0 Å². The Morgan fingerprint density at radius 1 is 0.722 bits per heavy atom. The minimum atomic E-state index is 0.121. The highest BCUT2D eigenvalue weighted by Gasteiger charge is 2.19. The highest BCUT2D eigenvalue weighted by molar-refractivity contribution is 6.38. The summed E-state index contributed by atoms with van der Waals surface area (Å²) >= 11 is 0. The van der Waals surface area contributed by atoms with Crippen molar-refractivity contribution in [2.45, 2.75) is 6.61 Å². The Labute approximate surface area is 103 Å². The first-order valence-electron chi connectivity index (χ1n) is 6.23. The van der Waals surface area contributed by atoms with Crippen LogP contribution in [0.1, 0.15) is 5.56 Å². The van der Waals surface area contributed by atoms with Gasteiger partial charge in [0.05, 0.1) is 6.61 Å². The third-order valence-corrected chi connectivity index (χ3v) is 4.28. The normalized spacial score (nSPS) is 12.9. The first kappa shape index (κ1) is 8.90. The lowest BCUT2D eigenvalue weighted by atomic mass is 9.82. The van der Waals surface area contributed by atoms with Gasteiger partial charge in [0.15, 0.2) is 0 Å². The Morgan fingerprint density at radius 2 is 1.61 bits per heavy atom. The van der Waals surface area contributed by atoms with Crippen molar-refractivity contribution in [3.8, 4) is 0 Å². The second-order valence-electron chi connectivity index (χ2n) is 5.11. The van der Waals surface area contributed by atoms with E-state index in [2.05, 4.69) is 42.5 Å². The van der Waals surface area contributed by atoms with Crippen LogP contribution >= 0.6 is 0 Å². The standard InChI is InChI=1S/C17H10O/c18-8-11-6-10-7-14-12-3-1-2-9-4-5-13(15(11)14)17(10)16(9)12/h1-7,18H,8H2. The van der Waals surface area contributed by atoms with Crippen molar-refractivity contribution in [3.63, 3.8) is 0 Å². The SMILES string of the molecule is OCc1cc2cc3c4cccc5ccc(c13)c2c54. The van der Waals surface area contributed by atoms with Gasteiger partial charge in [-0.2, -0.15) is 0 Å². The van der Waals surface area contributed by atoms with Crippen molar-refractivity contribution in [2.75, 3.05) is 0 Å². The van der Waals surface area contributed by atoms with Gasteiger partial charge < -0.3 is 5.11 Å². The Bertz CT molecular complexity index is 996. The van der Waals surface area contributed by atoms with Crippen LogP contribution in [-0.2, 0) is 6.61 Å². The minimum Gasteiger partial charge on any atom is -0.392 e. The van der Waals surface area contributed by atoms with Crippen molar-refractivity contribution in [2.24, 2.45) is 0 Å². The summed E-state index contributed by atoms with van der Waals surface area (Å²) in [5.41, 5.74) is 1.06. The topological polar surface area (TPSA) is 20.2 Å². The number of rotatable bonds is 1. The van der Waals surface area contributed by atoms with Crippen LogP contribution in [0.3, 0.4) is 0 Å². The van der Waals surface area contributed by atoms with E-state index < -0.39 is 0 Å². The van der Waals surface area contributed by atoms with Crippen LogP contribution in [0.2, 0.25) is 0 Å². The lowest BCUT2D eigenvalue weighted by Crippen LogP contribution is -1.96. The van der Waals surface area contributed by atoms with Crippen LogP contribution in [0.4, 0.5) is 0 Å². The molecule has 0 spiro atoms. The number of hydrogen-bond donors (Lipinski definition) is 1. The molecule has 1 N–H and O–H groups in total. The molecule has 0 saturated carbocycles. The summed E-state index contributed by atoms with van der Waals surface area (Å²) in [6, 6.07) is 15.3. The maximum Gasteiger partial charge on any atom is 0.0688 e. The maximum absolute atomic E-state index is 9.54. The smallest absolute Gasteiger partial charge is 0.0688 e. The van der Waals surface area contributed by atoms with E-state index in [1.54, 1.807) is 0 Å². The molecule has 0 aliphatic carbocycles. The van der Waals surface area contributed by atoms with Crippen LogP contribution < -0.4 is 0 Å². The Morgan fingerprint density at radius 3 is 2.50 bits per heavy atom. The highest BCUT2D eigenvalue weighted by Crippen LogP contribution is 2.46. The fraction of sp³-hybridized carbons (Fsp3) is 0.0588. The van der Waals surface area contributed by atoms with Crippen LogP contribution in [-0.4, -0.2) is 5.11 Å². The number of benzene rings is 7. The van der Waals surface area contributed by atoms with E-state index in [1.165, 1.54) is 43.1 Å². The van der Waals surface area contributed by atoms with E-state index in [0.29, 0.717) is 0 Å². The molecule has 6 bridgehead atoms. The van der Waals surface area contributed by atoms with Gasteiger partial charge in [0.2, 0.25) is 0 Å². The van der Waals surface area contributed by atoms with E-state index in [1.807, 2.05) is 0 Å². The monoisotopic (exact) mass is 230 g/mol. The van der Waals surface area contributed by atoms with Gasteiger partial charge in [0.25, 0.3) is 0 Å². The van der Waals surface area contributed by atoms with Gasteiger partial charge in [0.1, 0.15) is 0 Å². The van der Waals surface area contributed by atoms with E-state index in [9.17, 15) is 5.11 Å². The van der Waals surface area contributed by atoms with Crippen LogP contribution in [0.15, 0.2) is 42.5 Å². The number of hydrogen-bond acceptors (Lipinski definition) is 1. The molecule has 7 aromatic rings. The fourth-order valence-electron chi connectivity index (χ4n) is 3.61. The zero-order chi connectivity index (χ0) is 11.9. The predicted molar refractivity (Wildman–Crippen MR) is 75.9 cm³/mol. The lowest BCUT2D eigenvalue weighted by molar-refractivity contribution is 0.283. The van der Waals surface area contributed by atoms with Gasteiger partial charge in [0, 0.05) is 0 Å². The third-order valence-electron chi connectivity index (χ3n) is 4.28. The quantitative estimate of drug-likeness (QED) is 0.430. The molecule has 0 unspecified atom stereocenters. The van der Waals surface area contributed by atoms with Crippen LogP contribution in [0, 0.1) is 0 Å². The zero-order valence-corrected chi connectivity index (χ0v) is 9.70. The summed E-state index contributed by atoms with van der Waals surface area (Å²) in [6.45, 7) is 0.121. The summed E-state index contributed by atoms with van der Waals surface area (Å²) in [5, 5.41) is 20.0. The maximum atomic E-state index is 9.54. The summed E-state index contributed by atoms with van der Waals surface area (Å²) in [4.78, 5) is 0. The number of fused-ring (bicyclic) bond motifs is 1. The second-order valence-corrected chi connectivity index (χ2v) is 5.11. The minimum absolute atomic E-state index is 0.121. The van der Waals surface area contributed by atoms with Gasteiger partial charge >= 0.3 is 0 Å². The molecule has 0 fully saturated rings. The average Bonchev–Trinajstić information content (AvgIpc) is 2.45. The van der Waals surface area contributed by atoms with Crippen molar-refractivity contribution >= 4 is 43.1 Å². The van der Waals surface area contributed by atoms with E-state index in [4.69, 9.17) is 0 Å². The van der Waals surface area contributed by atoms with Crippen molar-refractivity contribution in [3.05, 3.63) is 48.0 Å². The summed E-state index contributed by atoms with van der Waals surface area (Å²) in [7, 11) is 0. The van der Waals surface area contributed by atoms with Gasteiger partial charge in [-0.1, -0.05) is 30.3 Å². The van der Waals surface area contributed by atoms with Gasteiger partial charge in [-0.15, -0.1) is 0 Å². The first-order valence-corrected chi connectivity index (χ1v) is 6.23. The Balaban J connectivity index is 2.32. The van der Waals surface area contributed by atoms with Crippen molar-refractivity contribution in [1.82, 2.24) is 0 Å². The summed E-state index contributed by atoms with van der Waals surface area (Å²) in [6.07, 6.45) is 0. The molecule has 0 saturated heterocycles. The predicted octanol–water partition coefficient (Wildman–Crippen LogP) is 4.11. The molecule has 1 nitrogen and oxygen atoms in total. The second kappa shape index (κ2) is 2.65. The van der Waals surface area contributed by atoms with Gasteiger partial charge in [-0.25, -0.2) is 0 Å². The highest BCUT2D eigenvalue weighted by atomic mass is 16.3. The largest absolute Gasteiger partial charge is 0.392 e. The Hall–Kier alpha value is -2.12. The van der Waals surface area contributed by atoms with E-state index in [-0.39, 0.29) is 6.61 Å². The molecule has 7 rings (SSSR count). The molecular weight excluding hydrogens is 220 g/mol. The molecule has 0 aromatic heterocycles. The molecular formula is C17H10O. The third kappa shape index (κ3) is 0.765. The first-order chi connectivity index (χ1) is 8.88. The van der Waals surface area contributed by atoms with E-state index >= 15 is 0 Å². The summed E-state index contributed by atoms with van der Waals surface area (Å²) in [5.74, 6) is 0. The lowest BCUT2D eigenvalue weighted by Gasteiger charge is -2.21. The molecule has 7 aromatic carbocycles. The molecule has 1 heteroatoms. The molecule has 84 valence electrons. The number of aliphatic hydroxyl groups is 1. The van der Waals surface area contributed by atoms with Gasteiger partial charge in [-0.05, 0) is 60.8 Å². The number of aliphatic hydroxyl groups excluding tert-OH is 1. The fourth-order valence-corrected chi connectivity index (χ4v) is 3.61. The molecule has 0 aliphatic heterocycles. The molecule has 0 amide bonds. The summed E-state index contributed by atoms with van der Waals surface area (Å²) < 4.78 is 0.